The normalized spacial score (nSPS) is 12.0. The lowest BCUT2D eigenvalue weighted by Crippen LogP contribution is -2.24. The van der Waals surface area contributed by atoms with Crippen LogP contribution in [0.3, 0.4) is 0 Å². The third-order valence-electron chi connectivity index (χ3n) is 2.00. The number of rotatable bonds is 4. The van der Waals surface area contributed by atoms with Crippen molar-refractivity contribution in [2.45, 2.75) is 33.3 Å². The third kappa shape index (κ3) is 5.51. The summed E-state index contributed by atoms with van der Waals surface area (Å²) in [5.41, 5.74) is -0.395. The number of carbonyl (C=O) groups is 2. The van der Waals surface area contributed by atoms with Crippen molar-refractivity contribution in [2.24, 2.45) is 0 Å². The lowest BCUT2D eigenvalue weighted by Gasteiger charge is -2.18. The minimum Gasteiger partial charge on any atom is -0.455 e. The van der Waals surface area contributed by atoms with Crippen molar-refractivity contribution in [2.75, 3.05) is 5.32 Å². The standard InChI is InChI=1S/C14H19N3O3/c1-5-6-7-8-12(18)15-11-9-10(16-17-11)13(19)20-14(2,3)4/h5-9H,1-4H3,(H2,15,16,17,18)/b6-5+,8-7+. The Morgan fingerprint density at radius 3 is 2.65 bits per heavy atom. The van der Waals surface area contributed by atoms with Crippen molar-refractivity contribution in [1.82, 2.24) is 10.2 Å². The number of hydrogen-bond donors (Lipinski definition) is 2. The van der Waals surface area contributed by atoms with Gasteiger partial charge in [-0.25, -0.2) is 4.79 Å². The molecule has 6 nitrogen and oxygen atoms in total. The van der Waals surface area contributed by atoms with Crippen LogP contribution in [0.5, 0.6) is 0 Å². The second kappa shape index (κ2) is 6.70. The number of ether oxygens (including phenoxy) is 1. The fraction of sp³-hybridized carbons (Fsp3) is 0.357. The van der Waals surface area contributed by atoms with Crippen LogP contribution >= 0.6 is 0 Å². The highest BCUT2D eigenvalue weighted by atomic mass is 16.6. The number of nitrogens with zero attached hydrogens (tertiary/aromatic N) is 1. The predicted molar refractivity (Wildman–Crippen MR) is 76.3 cm³/mol. The van der Waals surface area contributed by atoms with E-state index in [0.29, 0.717) is 0 Å². The highest BCUT2D eigenvalue weighted by molar-refractivity contribution is 5.99. The number of allylic oxidation sites excluding steroid dienone is 3. The second-order valence-corrected chi connectivity index (χ2v) is 5.04. The zero-order chi connectivity index (χ0) is 15.2. The Morgan fingerprint density at radius 1 is 1.35 bits per heavy atom. The summed E-state index contributed by atoms with van der Waals surface area (Å²) in [4.78, 5) is 23.2. The number of anilines is 1. The van der Waals surface area contributed by atoms with E-state index in [0.717, 1.165) is 0 Å². The molecule has 0 bridgehead atoms. The van der Waals surface area contributed by atoms with Gasteiger partial charge in [-0.3, -0.25) is 9.89 Å². The molecule has 0 saturated heterocycles. The molecule has 108 valence electrons. The Bertz CT molecular complexity index is 536. The van der Waals surface area contributed by atoms with Crippen molar-refractivity contribution >= 4 is 17.7 Å². The summed E-state index contributed by atoms with van der Waals surface area (Å²) in [5, 5.41) is 8.88. The maximum atomic E-state index is 11.7. The van der Waals surface area contributed by atoms with Gasteiger partial charge in [-0.15, -0.1) is 0 Å². The molecule has 0 unspecified atom stereocenters. The predicted octanol–water partition coefficient (Wildman–Crippen LogP) is 2.44. The van der Waals surface area contributed by atoms with Crippen molar-refractivity contribution in [3.63, 3.8) is 0 Å². The molecule has 0 aliphatic carbocycles. The Kier molecular flexibility index (Phi) is 5.25. The highest BCUT2D eigenvalue weighted by Crippen LogP contribution is 2.12. The number of carbonyl (C=O) groups excluding carboxylic acids is 2. The van der Waals surface area contributed by atoms with Crippen LogP contribution in [-0.4, -0.2) is 27.7 Å². The van der Waals surface area contributed by atoms with Crippen LogP contribution in [0, 0.1) is 0 Å². The molecular formula is C14H19N3O3. The average molecular weight is 277 g/mol. The molecule has 1 rings (SSSR count). The van der Waals surface area contributed by atoms with Crippen LogP contribution in [0.15, 0.2) is 30.4 Å². The van der Waals surface area contributed by atoms with Crippen LogP contribution in [0.4, 0.5) is 5.82 Å². The minimum atomic E-state index is -0.583. The second-order valence-electron chi connectivity index (χ2n) is 5.04. The lowest BCUT2D eigenvalue weighted by molar-refractivity contribution is -0.111. The molecule has 2 N–H and O–H groups in total. The molecule has 0 radical (unpaired) electrons. The molecule has 6 heteroatoms. The van der Waals surface area contributed by atoms with Crippen LogP contribution in [0.1, 0.15) is 38.2 Å². The van der Waals surface area contributed by atoms with E-state index in [2.05, 4.69) is 15.5 Å². The molecule has 0 aliphatic heterocycles. The van der Waals surface area contributed by atoms with Crippen molar-refractivity contribution in [3.05, 3.63) is 36.1 Å². The van der Waals surface area contributed by atoms with Gasteiger partial charge >= 0.3 is 5.97 Å². The molecule has 1 amide bonds. The Balaban J connectivity index is 2.64. The summed E-state index contributed by atoms with van der Waals surface area (Å²) in [6, 6.07) is 1.43. The quantitative estimate of drug-likeness (QED) is 0.503. The number of aromatic amines is 1. The number of H-pyrrole nitrogens is 1. The number of nitrogens with one attached hydrogen (secondary N) is 2. The molecule has 1 aromatic rings. The van der Waals surface area contributed by atoms with Gasteiger partial charge in [0.05, 0.1) is 0 Å². The van der Waals surface area contributed by atoms with Crippen LogP contribution in [-0.2, 0) is 9.53 Å². The lowest BCUT2D eigenvalue weighted by atomic mass is 10.2. The van der Waals surface area contributed by atoms with Gasteiger partial charge in [0.15, 0.2) is 5.82 Å². The Labute approximate surface area is 117 Å². The molecule has 20 heavy (non-hydrogen) atoms. The molecular weight excluding hydrogens is 258 g/mol. The van der Waals surface area contributed by atoms with Crippen molar-refractivity contribution in [1.29, 1.82) is 0 Å². The van der Waals surface area contributed by atoms with Gasteiger partial charge in [-0.2, -0.15) is 5.10 Å². The number of esters is 1. The molecule has 0 fully saturated rings. The van der Waals surface area contributed by atoms with Crippen molar-refractivity contribution in [3.8, 4) is 0 Å². The van der Waals surface area contributed by atoms with Crippen LogP contribution in [0.2, 0.25) is 0 Å². The molecule has 1 aromatic heterocycles. The van der Waals surface area contributed by atoms with Gasteiger partial charge in [0, 0.05) is 12.1 Å². The maximum absolute atomic E-state index is 11.7. The summed E-state index contributed by atoms with van der Waals surface area (Å²) in [6.45, 7) is 7.17. The van der Waals surface area contributed by atoms with E-state index in [9.17, 15) is 9.59 Å². The summed E-state index contributed by atoms with van der Waals surface area (Å²) < 4.78 is 5.18. The van der Waals surface area contributed by atoms with Crippen LogP contribution < -0.4 is 5.32 Å². The zero-order valence-electron chi connectivity index (χ0n) is 12.1. The first-order chi connectivity index (χ1) is 9.31. The van der Waals surface area contributed by atoms with Gasteiger partial charge in [-0.05, 0) is 27.7 Å². The molecule has 0 spiro atoms. The van der Waals surface area contributed by atoms with Crippen LogP contribution in [0.25, 0.3) is 0 Å². The van der Waals surface area contributed by atoms with Crippen molar-refractivity contribution < 1.29 is 14.3 Å². The van der Waals surface area contributed by atoms with E-state index in [4.69, 9.17) is 4.74 Å². The van der Waals surface area contributed by atoms with E-state index >= 15 is 0 Å². The van der Waals surface area contributed by atoms with Gasteiger partial charge in [0.1, 0.15) is 11.3 Å². The first-order valence-corrected chi connectivity index (χ1v) is 6.21. The largest absolute Gasteiger partial charge is 0.455 e. The SMILES string of the molecule is C/C=C/C=C/C(=O)Nc1cc(C(=O)OC(C)(C)C)[nH]n1. The third-order valence-corrected chi connectivity index (χ3v) is 2.00. The molecule has 0 saturated carbocycles. The molecule has 0 aromatic carbocycles. The van der Waals surface area contributed by atoms with E-state index in [-0.39, 0.29) is 17.4 Å². The van der Waals surface area contributed by atoms with E-state index in [1.165, 1.54) is 12.1 Å². The smallest absolute Gasteiger partial charge is 0.356 e. The van der Waals surface area contributed by atoms with Gasteiger partial charge in [0.25, 0.3) is 0 Å². The maximum Gasteiger partial charge on any atom is 0.356 e. The van der Waals surface area contributed by atoms with Gasteiger partial charge in [-0.1, -0.05) is 18.2 Å². The first-order valence-electron chi connectivity index (χ1n) is 6.21. The fourth-order valence-electron chi connectivity index (χ4n) is 1.25. The monoisotopic (exact) mass is 277 g/mol. The topological polar surface area (TPSA) is 84.1 Å². The highest BCUT2D eigenvalue weighted by Gasteiger charge is 2.19. The molecule has 0 aliphatic rings. The summed E-state index contributed by atoms with van der Waals surface area (Å²) in [5.74, 6) is -0.582. The minimum absolute atomic E-state index is 0.188. The summed E-state index contributed by atoms with van der Waals surface area (Å²) in [6.07, 6.45) is 6.51. The van der Waals surface area contributed by atoms with E-state index < -0.39 is 11.6 Å². The Hall–Kier alpha value is -2.37. The molecule has 0 atom stereocenters. The first kappa shape index (κ1) is 15.7. The summed E-state index contributed by atoms with van der Waals surface area (Å²) >= 11 is 0. The number of aromatic nitrogens is 2. The Morgan fingerprint density at radius 2 is 2.05 bits per heavy atom. The van der Waals surface area contributed by atoms with E-state index in [1.807, 2.05) is 6.92 Å². The molecule has 1 heterocycles. The number of hydrogen-bond acceptors (Lipinski definition) is 4. The van der Waals surface area contributed by atoms with Gasteiger partial charge in [0.2, 0.25) is 5.91 Å². The van der Waals surface area contributed by atoms with E-state index in [1.54, 1.807) is 39.0 Å². The van der Waals surface area contributed by atoms with Gasteiger partial charge < -0.3 is 10.1 Å². The zero-order valence-corrected chi connectivity index (χ0v) is 12.1. The average Bonchev–Trinajstić information content (AvgIpc) is 2.75. The fourth-order valence-corrected chi connectivity index (χ4v) is 1.25. The summed E-state index contributed by atoms with van der Waals surface area (Å²) in [7, 11) is 0. The number of amides is 1.